The van der Waals surface area contributed by atoms with Crippen LogP contribution >= 0.6 is 0 Å². The predicted octanol–water partition coefficient (Wildman–Crippen LogP) is 1.24. The molecule has 0 saturated carbocycles. The van der Waals surface area contributed by atoms with Crippen molar-refractivity contribution >= 4 is 23.9 Å². The van der Waals surface area contributed by atoms with E-state index in [2.05, 4.69) is 12.2 Å². The molecule has 1 rings (SSSR count). The largest absolute Gasteiger partial charge is 0.463 e. The summed E-state index contributed by atoms with van der Waals surface area (Å²) >= 11 is 0. The van der Waals surface area contributed by atoms with Crippen LogP contribution in [0, 0.1) is 0 Å². The second-order valence-corrected chi connectivity index (χ2v) is 7.14. The fraction of sp³-hybridized carbons (Fsp3) is 0.800. The Morgan fingerprint density at radius 2 is 1.40 bits per heavy atom. The van der Waals surface area contributed by atoms with Gasteiger partial charge in [-0.05, 0) is 13.0 Å². The molecule has 30 heavy (non-hydrogen) atoms. The fourth-order valence-corrected chi connectivity index (χ4v) is 3.20. The molecule has 1 N–H and O–H groups in total. The molecule has 1 aliphatic rings. The number of carbonyl (C=O) groups is 4. The van der Waals surface area contributed by atoms with Crippen molar-refractivity contribution in [2.24, 2.45) is 0 Å². The first-order valence-corrected chi connectivity index (χ1v) is 10.2. The molecule has 1 unspecified atom stereocenters. The summed E-state index contributed by atoms with van der Waals surface area (Å²) in [6.07, 6.45) is -0.221. The lowest BCUT2D eigenvalue weighted by atomic mass is 9.96. The van der Waals surface area contributed by atoms with Gasteiger partial charge in [-0.25, -0.2) is 0 Å². The number of rotatable bonds is 11. The number of esters is 4. The molecule has 0 aromatic carbocycles. The van der Waals surface area contributed by atoms with Crippen molar-refractivity contribution < 1.29 is 42.9 Å². The van der Waals surface area contributed by atoms with Crippen LogP contribution in [0.2, 0.25) is 0 Å². The van der Waals surface area contributed by atoms with Crippen molar-refractivity contribution in [3.8, 4) is 0 Å². The van der Waals surface area contributed by atoms with E-state index in [0.29, 0.717) is 6.54 Å². The summed E-state index contributed by atoms with van der Waals surface area (Å²) in [5.74, 6) is -2.40. The molecular weight excluding hydrogens is 398 g/mol. The third-order valence-electron chi connectivity index (χ3n) is 4.39. The number of nitrogens with one attached hydrogen (secondary N) is 1. The van der Waals surface area contributed by atoms with Gasteiger partial charge in [-0.3, -0.25) is 19.2 Å². The van der Waals surface area contributed by atoms with Crippen molar-refractivity contribution in [2.45, 2.75) is 90.9 Å². The van der Waals surface area contributed by atoms with E-state index < -0.39 is 54.5 Å². The minimum atomic E-state index is -1.13. The molecule has 0 radical (unpaired) electrons. The van der Waals surface area contributed by atoms with Gasteiger partial charge in [0.1, 0.15) is 18.8 Å². The average molecular weight is 431 g/mol. The number of hydrogen-bond acceptors (Lipinski definition) is 10. The number of carbonyl (C=O) groups excluding carboxylic acids is 4. The highest BCUT2D eigenvalue weighted by atomic mass is 16.7. The lowest BCUT2D eigenvalue weighted by molar-refractivity contribution is -0.271. The second-order valence-electron chi connectivity index (χ2n) is 7.14. The van der Waals surface area contributed by atoms with Gasteiger partial charge in [-0.1, -0.05) is 26.2 Å². The third-order valence-corrected chi connectivity index (χ3v) is 4.39. The highest BCUT2D eigenvalue weighted by molar-refractivity contribution is 5.68. The Morgan fingerprint density at radius 1 is 0.800 bits per heavy atom. The summed E-state index contributed by atoms with van der Waals surface area (Å²) in [5.41, 5.74) is 0. The van der Waals surface area contributed by atoms with Gasteiger partial charge >= 0.3 is 23.9 Å². The normalized spacial score (nSPS) is 25.8. The first kappa shape index (κ1) is 25.8. The number of unbranched alkanes of at least 4 members (excludes halogenated alkanes) is 3. The molecule has 0 aromatic rings. The van der Waals surface area contributed by atoms with Crippen LogP contribution < -0.4 is 5.32 Å². The Balaban J connectivity index is 3.14. The van der Waals surface area contributed by atoms with E-state index in [1.807, 2.05) is 0 Å². The second kappa shape index (κ2) is 13.2. The molecule has 0 bridgehead atoms. The SMILES string of the molecule is CCCCCCN[C@H]1C(OC(C)=O)O[C@H](COC(C)=O)[C@@H](OC(C)=O)[C@@H]1OC(C)=O. The highest BCUT2D eigenvalue weighted by Gasteiger charge is 2.51. The van der Waals surface area contributed by atoms with Crippen LogP contribution in [0.25, 0.3) is 0 Å². The van der Waals surface area contributed by atoms with Gasteiger partial charge < -0.3 is 29.0 Å². The summed E-state index contributed by atoms with van der Waals surface area (Å²) in [5, 5.41) is 3.20. The molecule has 0 amide bonds. The molecule has 1 heterocycles. The summed E-state index contributed by atoms with van der Waals surface area (Å²) < 4.78 is 26.9. The summed E-state index contributed by atoms with van der Waals surface area (Å²) in [7, 11) is 0. The molecule has 1 saturated heterocycles. The molecule has 0 spiro atoms. The molecular formula is C20H33NO9. The molecule has 172 valence electrons. The van der Waals surface area contributed by atoms with Gasteiger partial charge in [-0.15, -0.1) is 0 Å². The molecule has 1 fully saturated rings. The van der Waals surface area contributed by atoms with E-state index in [1.165, 1.54) is 27.7 Å². The van der Waals surface area contributed by atoms with Crippen molar-refractivity contribution in [3.05, 3.63) is 0 Å². The molecule has 5 atom stereocenters. The van der Waals surface area contributed by atoms with E-state index in [-0.39, 0.29) is 6.61 Å². The van der Waals surface area contributed by atoms with Crippen LogP contribution in [0.15, 0.2) is 0 Å². The zero-order chi connectivity index (χ0) is 22.7. The van der Waals surface area contributed by atoms with Gasteiger partial charge in [0, 0.05) is 27.7 Å². The van der Waals surface area contributed by atoms with Crippen LogP contribution in [0.5, 0.6) is 0 Å². The van der Waals surface area contributed by atoms with Gasteiger partial charge in [0.05, 0.1) is 0 Å². The van der Waals surface area contributed by atoms with Crippen molar-refractivity contribution in [3.63, 3.8) is 0 Å². The van der Waals surface area contributed by atoms with Crippen molar-refractivity contribution in [2.75, 3.05) is 13.2 Å². The quantitative estimate of drug-likeness (QED) is 0.290. The van der Waals surface area contributed by atoms with Gasteiger partial charge in [0.2, 0.25) is 6.29 Å². The maximum atomic E-state index is 11.8. The Labute approximate surface area is 176 Å². The lowest BCUT2D eigenvalue weighted by Crippen LogP contribution is -2.66. The van der Waals surface area contributed by atoms with E-state index in [4.69, 9.17) is 23.7 Å². The van der Waals surface area contributed by atoms with Crippen LogP contribution in [0.4, 0.5) is 0 Å². The average Bonchev–Trinajstić information content (AvgIpc) is 2.62. The van der Waals surface area contributed by atoms with Crippen molar-refractivity contribution in [1.29, 1.82) is 0 Å². The van der Waals surface area contributed by atoms with E-state index in [1.54, 1.807) is 0 Å². The van der Waals surface area contributed by atoms with Gasteiger partial charge in [0.25, 0.3) is 0 Å². The standard InChI is InChI=1S/C20H33NO9/c1-6-7-8-9-10-21-17-19(28-14(4)24)18(27-13(3)23)16(11-26-12(2)22)30-20(17)29-15(5)25/h16-21H,6-11H2,1-5H3/t16-,17-,18-,19-,20?/m1/s1. The Morgan fingerprint density at radius 3 is 1.93 bits per heavy atom. The molecule has 10 nitrogen and oxygen atoms in total. The summed E-state index contributed by atoms with van der Waals surface area (Å²) in [4.78, 5) is 46.4. The topological polar surface area (TPSA) is 126 Å². The smallest absolute Gasteiger partial charge is 0.304 e. The van der Waals surface area contributed by atoms with Gasteiger partial charge in [-0.2, -0.15) is 0 Å². The third kappa shape index (κ3) is 9.08. The maximum absolute atomic E-state index is 11.8. The Kier molecular flexibility index (Phi) is 11.3. The summed E-state index contributed by atoms with van der Waals surface area (Å²) in [6.45, 7) is 7.25. The number of hydrogen-bond donors (Lipinski definition) is 1. The van der Waals surface area contributed by atoms with Gasteiger partial charge in [0.15, 0.2) is 12.2 Å². The highest BCUT2D eigenvalue weighted by Crippen LogP contribution is 2.28. The lowest BCUT2D eigenvalue weighted by Gasteiger charge is -2.44. The minimum absolute atomic E-state index is 0.272. The first-order valence-electron chi connectivity index (χ1n) is 10.2. The van der Waals surface area contributed by atoms with Crippen LogP contribution in [0.1, 0.15) is 60.3 Å². The maximum Gasteiger partial charge on any atom is 0.304 e. The van der Waals surface area contributed by atoms with E-state index in [0.717, 1.165) is 25.7 Å². The molecule has 0 aromatic heterocycles. The van der Waals surface area contributed by atoms with Crippen LogP contribution in [0.3, 0.4) is 0 Å². The number of ether oxygens (including phenoxy) is 5. The first-order chi connectivity index (χ1) is 14.1. The zero-order valence-electron chi connectivity index (χ0n) is 18.3. The fourth-order valence-electron chi connectivity index (χ4n) is 3.20. The Hall–Kier alpha value is -2.20. The van der Waals surface area contributed by atoms with E-state index >= 15 is 0 Å². The van der Waals surface area contributed by atoms with E-state index in [9.17, 15) is 19.2 Å². The van der Waals surface area contributed by atoms with Crippen LogP contribution in [-0.4, -0.2) is 67.7 Å². The molecule has 1 aliphatic heterocycles. The molecule has 10 heteroatoms. The van der Waals surface area contributed by atoms with Crippen LogP contribution in [-0.2, 0) is 42.9 Å². The predicted molar refractivity (Wildman–Crippen MR) is 104 cm³/mol. The van der Waals surface area contributed by atoms with Crippen molar-refractivity contribution in [1.82, 2.24) is 5.32 Å². The molecule has 0 aliphatic carbocycles. The monoisotopic (exact) mass is 431 g/mol. The summed E-state index contributed by atoms with van der Waals surface area (Å²) in [6, 6.07) is -0.780. The minimum Gasteiger partial charge on any atom is -0.463 e. The zero-order valence-corrected chi connectivity index (χ0v) is 18.3. The Bertz CT molecular complexity index is 595.